The lowest BCUT2D eigenvalue weighted by Gasteiger charge is -2.41. The Labute approximate surface area is 131 Å². The van der Waals surface area contributed by atoms with Gasteiger partial charge in [-0.1, -0.05) is 13.0 Å². The maximum Gasteiger partial charge on any atom is 0.124 e. The van der Waals surface area contributed by atoms with Crippen molar-refractivity contribution in [2.75, 3.05) is 26.2 Å². The first-order valence-corrected chi connectivity index (χ1v) is 7.86. The number of hydrogen-bond acceptors (Lipinski definition) is 4. The Morgan fingerprint density at radius 1 is 1.45 bits per heavy atom. The highest BCUT2D eigenvalue weighted by atomic mass is 19.1. The first-order chi connectivity index (χ1) is 10.5. The minimum Gasteiger partial charge on any atom is -0.392 e. The maximum atomic E-state index is 13.2. The summed E-state index contributed by atoms with van der Waals surface area (Å²) in [5, 5.41) is 18.7. The van der Waals surface area contributed by atoms with E-state index in [0.29, 0.717) is 24.7 Å². The van der Waals surface area contributed by atoms with Crippen molar-refractivity contribution in [3.63, 3.8) is 0 Å². The van der Waals surface area contributed by atoms with Gasteiger partial charge >= 0.3 is 0 Å². The van der Waals surface area contributed by atoms with Crippen LogP contribution in [0.4, 0.5) is 4.39 Å². The van der Waals surface area contributed by atoms with Gasteiger partial charge in [-0.15, -0.1) is 0 Å². The molecule has 1 aliphatic rings. The quantitative estimate of drug-likeness (QED) is 0.904. The number of halogens is 1. The number of benzene rings is 1. The maximum absolute atomic E-state index is 13.2. The lowest BCUT2D eigenvalue weighted by Crippen LogP contribution is -2.54. The summed E-state index contributed by atoms with van der Waals surface area (Å²) < 4.78 is 13.2. The third-order valence-electron chi connectivity index (χ3n) is 4.25. The molecule has 0 amide bonds. The zero-order chi connectivity index (χ0) is 16.1. The van der Waals surface area contributed by atoms with Gasteiger partial charge in [0.15, 0.2) is 0 Å². The molecular formula is C17H24FN3O. The van der Waals surface area contributed by atoms with E-state index in [1.165, 1.54) is 12.1 Å². The normalized spacial score (nSPS) is 21.5. The second-order valence-electron chi connectivity index (χ2n) is 6.05. The van der Waals surface area contributed by atoms with Gasteiger partial charge in [0.25, 0.3) is 0 Å². The van der Waals surface area contributed by atoms with Crippen LogP contribution in [0.5, 0.6) is 0 Å². The molecule has 0 aliphatic carbocycles. The Balaban J connectivity index is 2.02. The third kappa shape index (κ3) is 4.26. The largest absolute Gasteiger partial charge is 0.392 e. The van der Waals surface area contributed by atoms with Crippen LogP contribution >= 0.6 is 0 Å². The van der Waals surface area contributed by atoms with Crippen molar-refractivity contribution in [1.29, 1.82) is 5.26 Å². The molecule has 22 heavy (non-hydrogen) atoms. The van der Waals surface area contributed by atoms with Crippen molar-refractivity contribution >= 4 is 0 Å². The van der Waals surface area contributed by atoms with Gasteiger partial charge in [-0.25, -0.2) is 4.39 Å². The van der Waals surface area contributed by atoms with Gasteiger partial charge in [0.05, 0.1) is 17.7 Å². The summed E-state index contributed by atoms with van der Waals surface area (Å²) in [6, 6.07) is 6.91. The van der Waals surface area contributed by atoms with Crippen molar-refractivity contribution in [1.82, 2.24) is 9.80 Å². The smallest absolute Gasteiger partial charge is 0.124 e. The van der Waals surface area contributed by atoms with Crippen LogP contribution in [0.15, 0.2) is 18.2 Å². The first kappa shape index (κ1) is 16.9. The molecule has 0 aromatic heterocycles. The molecule has 1 aromatic rings. The van der Waals surface area contributed by atoms with Gasteiger partial charge < -0.3 is 5.11 Å². The standard InChI is InChI=1S/C17H24FN3O/c1-3-17-12-20(6-7-21(17)10-13(2)22)11-14-4-5-16(18)8-15(14)9-19/h4-5,8,13,17,22H,3,6-7,10-12H2,1-2H3/t13-,17-/m0/s1. The summed E-state index contributed by atoms with van der Waals surface area (Å²) in [7, 11) is 0. The van der Waals surface area contributed by atoms with Gasteiger partial charge in [-0.2, -0.15) is 5.26 Å². The molecule has 1 heterocycles. The predicted molar refractivity (Wildman–Crippen MR) is 83.7 cm³/mol. The van der Waals surface area contributed by atoms with Crippen LogP contribution in [0.3, 0.4) is 0 Å². The monoisotopic (exact) mass is 305 g/mol. The summed E-state index contributed by atoms with van der Waals surface area (Å²) in [4.78, 5) is 4.64. The molecule has 4 nitrogen and oxygen atoms in total. The van der Waals surface area contributed by atoms with Crippen molar-refractivity contribution in [2.45, 2.75) is 39.0 Å². The number of β-amino-alcohol motifs (C(OH)–C–C–N with tert-alkyl or cyclic N) is 1. The second kappa shape index (κ2) is 7.68. The van der Waals surface area contributed by atoms with Crippen LogP contribution in [0.2, 0.25) is 0 Å². The van der Waals surface area contributed by atoms with E-state index in [9.17, 15) is 9.50 Å². The Hall–Kier alpha value is -1.48. The van der Waals surface area contributed by atoms with Crippen LogP contribution in [-0.2, 0) is 6.54 Å². The SMILES string of the molecule is CC[C@H]1CN(Cc2ccc(F)cc2C#N)CCN1C[C@H](C)O. The summed E-state index contributed by atoms with van der Waals surface area (Å²) in [5.41, 5.74) is 1.29. The zero-order valence-electron chi connectivity index (χ0n) is 13.3. The Morgan fingerprint density at radius 3 is 2.86 bits per heavy atom. The van der Waals surface area contributed by atoms with Crippen molar-refractivity contribution in [3.05, 3.63) is 35.1 Å². The molecule has 1 aliphatic heterocycles. The molecule has 5 heteroatoms. The number of piperazine rings is 1. The highest BCUT2D eigenvalue weighted by Gasteiger charge is 2.26. The number of nitrogens with zero attached hydrogens (tertiary/aromatic N) is 3. The Bertz CT molecular complexity index is 541. The minimum atomic E-state index is -0.367. The van der Waals surface area contributed by atoms with Crippen LogP contribution in [0.1, 0.15) is 31.4 Å². The molecule has 120 valence electrons. The van der Waals surface area contributed by atoms with E-state index in [-0.39, 0.29) is 11.9 Å². The molecular weight excluding hydrogens is 281 g/mol. The molecule has 0 spiro atoms. The molecule has 1 aromatic carbocycles. The van der Waals surface area contributed by atoms with E-state index in [0.717, 1.165) is 31.6 Å². The summed E-state index contributed by atoms with van der Waals surface area (Å²) >= 11 is 0. The van der Waals surface area contributed by atoms with Crippen LogP contribution in [0.25, 0.3) is 0 Å². The van der Waals surface area contributed by atoms with E-state index in [2.05, 4.69) is 22.8 Å². The number of hydrogen-bond donors (Lipinski definition) is 1. The molecule has 0 bridgehead atoms. The van der Waals surface area contributed by atoms with Gasteiger partial charge in [0.1, 0.15) is 5.82 Å². The number of nitriles is 1. The van der Waals surface area contributed by atoms with Crippen LogP contribution in [-0.4, -0.2) is 53.2 Å². The third-order valence-corrected chi connectivity index (χ3v) is 4.25. The topological polar surface area (TPSA) is 50.5 Å². The molecule has 1 fully saturated rings. The van der Waals surface area contributed by atoms with E-state index in [1.54, 1.807) is 6.07 Å². The number of aliphatic hydroxyl groups is 1. The fraction of sp³-hybridized carbons (Fsp3) is 0.588. The average molecular weight is 305 g/mol. The summed E-state index contributed by atoms with van der Waals surface area (Å²) in [6.45, 7) is 8.05. The highest BCUT2D eigenvalue weighted by molar-refractivity contribution is 5.37. The van der Waals surface area contributed by atoms with Gasteiger partial charge in [-0.05, 0) is 31.0 Å². The summed E-state index contributed by atoms with van der Waals surface area (Å²) in [5.74, 6) is -0.367. The Kier molecular flexibility index (Phi) is 5.90. The van der Waals surface area contributed by atoms with E-state index in [1.807, 2.05) is 6.92 Å². The predicted octanol–water partition coefficient (Wildman–Crippen LogP) is 1.97. The average Bonchev–Trinajstić information content (AvgIpc) is 2.49. The molecule has 1 N–H and O–H groups in total. The number of aliphatic hydroxyl groups excluding tert-OH is 1. The molecule has 0 radical (unpaired) electrons. The van der Waals surface area contributed by atoms with E-state index >= 15 is 0 Å². The lowest BCUT2D eigenvalue weighted by atomic mass is 10.0. The van der Waals surface area contributed by atoms with Crippen LogP contribution < -0.4 is 0 Å². The lowest BCUT2D eigenvalue weighted by molar-refractivity contribution is 0.0337. The zero-order valence-corrected chi connectivity index (χ0v) is 13.3. The van der Waals surface area contributed by atoms with Gasteiger partial charge in [0.2, 0.25) is 0 Å². The Morgan fingerprint density at radius 2 is 2.23 bits per heavy atom. The number of rotatable bonds is 5. The molecule has 2 rings (SSSR count). The molecule has 0 unspecified atom stereocenters. The minimum absolute atomic E-state index is 0.317. The van der Waals surface area contributed by atoms with Crippen molar-refractivity contribution < 1.29 is 9.50 Å². The van der Waals surface area contributed by atoms with Gasteiger partial charge in [0, 0.05) is 38.8 Å². The highest BCUT2D eigenvalue weighted by Crippen LogP contribution is 2.18. The van der Waals surface area contributed by atoms with Crippen LogP contribution in [0, 0.1) is 17.1 Å². The molecule has 0 saturated carbocycles. The fourth-order valence-corrected chi connectivity index (χ4v) is 3.10. The fourth-order valence-electron chi connectivity index (χ4n) is 3.10. The van der Waals surface area contributed by atoms with Crippen molar-refractivity contribution in [3.8, 4) is 6.07 Å². The second-order valence-corrected chi connectivity index (χ2v) is 6.05. The van der Waals surface area contributed by atoms with E-state index in [4.69, 9.17) is 5.26 Å². The van der Waals surface area contributed by atoms with Crippen molar-refractivity contribution in [2.24, 2.45) is 0 Å². The molecule has 1 saturated heterocycles. The van der Waals surface area contributed by atoms with Gasteiger partial charge in [-0.3, -0.25) is 9.80 Å². The molecule has 2 atom stereocenters. The first-order valence-electron chi connectivity index (χ1n) is 7.86. The summed E-state index contributed by atoms with van der Waals surface area (Å²) in [6.07, 6.45) is 0.709. The van der Waals surface area contributed by atoms with E-state index < -0.39 is 0 Å².